The molecule has 0 heterocycles. The average Bonchev–Trinajstić information content (AvgIpc) is 3.44. The zero-order valence-electron chi connectivity index (χ0n) is 14.8. The molecule has 0 saturated heterocycles. The van der Waals surface area contributed by atoms with E-state index in [2.05, 4.69) is 45.2 Å². The maximum absolute atomic E-state index is 13.1. The predicted molar refractivity (Wildman–Crippen MR) is 102 cm³/mol. The molecule has 0 atom stereocenters. The van der Waals surface area contributed by atoms with Crippen LogP contribution < -0.4 is 16.0 Å². The maximum Gasteiger partial charge on any atom is 0.243 e. The minimum atomic E-state index is -0.385. The second kappa shape index (κ2) is 7.99. The summed E-state index contributed by atoms with van der Waals surface area (Å²) in [6.45, 7) is 0.816. The van der Waals surface area contributed by atoms with Gasteiger partial charge in [-0.2, -0.15) is 0 Å². The second-order valence-corrected chi connectivity index (χ2v) is 6.48. The van der Waals surface area contributed by atoms with Crippen LogP contribution in [0.25, 0.3) is 0 Å². The van der Waals surface area contributed by atoms with E-state index in [9.17, 15) is 9.18 Å². The van der Waals surface area contributed by atoms with Gasteiger partial charge < -0.3 is 16.0 Å². The van der Waals surface area contributed by atoms with Gasteiger partial charge in [0.15, 0.2) is 5.96 Å². The van der Waals surface area contributed by atoms with Crippen LogP contribution in [0.4, 0.5) is 10.1 Å². The Morgan fingerprint density at radius 3 is 2.54 bits per heavy atom. The molecule has 1 fully saturated rings. The molecule has 0 bridgehead atoms. The third kappa shape index (κ3) is 4.59. The van der Waals surface area contributed by atoms with Gasteiger partial charge in [-0.15, -0.1) is 0 Å². The average molecular weight is 354 g/mol. The summed E-state index contributed by atoms with van der Waals surface area (Å²) in [6.07, 6.45) is 2.28. The van der Waals surface area contributed by atoms with Gasteiger partial charge in [0, 0.05) is 24.7 Å². The van der Waals surface area contributed by atoms with E-state index in [0.29, 0.717) is 11.6 Å². The zero-order chi connectivity index (χ0) is 18.4. The number of amides is 1. The fraction of sp³-hybridized carbons (Fsp3) is 0.300. The number of aliphatic imine (C=N–C) groups is 1. The number of anilines is 1. The van der Waals surface area contributed by atoms with Crippen LogP contribution in [0.1, 0.15) is 18.4 Å². The Labute approximate surface area is 152 Å². The quantitative estimate of drug-likeness (QED) is 0.552. The molecule has 26 heavy (non-hydrogen) atoms. The van der Waals surface area contributed by atoms with Gasteiger partial charge in [-0.3, -0.25) is 9.79 Å². The van der Waals surface area contributed by atoms with Gasteiger partial charge in [-0.1, -0.05) is 36.4 Å². The highest BCUT2D eigenvalue weighted by Gasteiger charge is 2.43. The standard InChI is InChI=1S/C20H23FN4O/c1-22-19(23-13-18(26)25-17-9-5-8-16(21)12-17)24-14-20(10-11-20)15-6-3-2-4-7-15/h2-9,12H,10-11,13-14H2,1H3,(H,25,26)(H2,22,23,24). The highest BCUT2D eigenvalue weighted by molar-refractivity contribution is 5.95. The van der Waals surface area contributed by atoms with Crippen molar-refractivity contribution < 1.29 is 9.18 Å². The van der Waals surface area contributed by atoms with Gasteiger partial charge >= 0.3 is 0 Å². The predicted octanol–water partition coefficient (Wildman–Crippen LogP) is 2.66. The first-order valence-corrected chi connectivity index (χ1v) is 8.67. The van der Waals surface area contributed by atoms with E-state index in [1.54, 1.807) is 19.2 Å². The molecule has 3 N–H and O–H groups in total. The van der Waals surface area contributed by atoms with E-state index in [1.165, 1.54) is 17.7 Å². The summed E-state index contributed by atoms with van der Waals surface area (Å²) in [5.41, 5.74) is 1.91. The highest BCUT2D eigenvalue weighted by atomic mass is 19.1. The number of rotatable bonds is 6. The number of nitrogens with one attached hydrogen (secondary N) is 3. The minimum absolute atomic E-state index is 0.0501. The first kappa shape index (κ1) is 17.9. The molecule has 0 aromatic heterocycles. The summed E-state index contributed by atoms with van der Waals surface area (Å²) in [4.78, 5) is 16.2. The zero-order valence-corrected chi connectivity index (χ0v) is 14.8. The normalized spacial score (nSPS) is 15.2. The molecule has 136 valence electrons. The van der Waals surface area contributed by atoms with Gasteiger partial charge in [-0.05, 0) is 36.6 Å². The lowest BCUT2D eigenvalue weighted by Gasteiger charge is -2.19. The Balaban J connectivity index is 1.47. The Bertz CT molecular complexity index is 787. The summed E-state index contributed by atoms with van der Waals surface area (Å²) in [5, 5.41) is 8.94. The molecule has 1 amide bonds. The molecule has 0 aliphatic heterocycles. The van der Waals surface area contributed by atoms with Crippen molar-refractivity contribution in [3.63, 3.8) is 0 Å². The summed E-state index contributed by atoms with van der Waals surface area (Å²) < 4.78 is 13.1. The van der Waals surface area contributed by atoms with Gasteiger partial charge in [0.25, 0.3) is 0 Å². The van der Waals surface area contributed by atoms with Crippen LogP contribution in [-0.2, 0) is 10.2 Å². The van der Waals surface area contributed by atoms with Crippen LogP contribution in [0.2, 0.25) is 0 Å². The Morgan fingerprint density at radius 1 is 1.12 bits per heavy atom. The van der Waals surface area contributed by atoms with Crippen LogP contribution in [0.3, 0.4) is 0 Å². The molecule has 3 rings (SSSR count). The molecule has 1 saturated carbocycles. The summed E-state index contributed by atoms with van der Waals surface area (Å²) in [7, 11) is 1.67. The minimum Gasteiger partial charge on any atom is -0.356 e. The molecular weight excluding hydrogens is 331 g/mol. The van der Waals surface area contributed by atoms with Crippen molar-refractivity contribution in [2.75, 3.05) is 25.5 Å². The van der Waals surface area contributed by atoms with E-state index in [4.69, 9.17) is 0 Å². The van der Waals surface area contributed by atoms with Crippen LogP contribution in [-0.4, -0.2) is 32.0 Å². The lowest BCUT2D eigenvalue weighted by atomic mass is 9.96. The third-order valence-corrected chi connectivity index (χ3v) is 4.58. The number of guanidine groups is 1. The number of hydrogen-bond donors (Lipinski definition) is 3. The van der Waals surface area contributed by atoms with Crippen molar-refractivity contribution in [3.05, 3.63) is 66.0 Å². The first-order chi connectivity index (χ1) is 12.6. The van der Waals surface area contributed by atoms with Crippen molar-refractivity contribution in [2.24, 2.45) is 4.99 Å². The summed E-state index contributed by atoms with van der Waals surface area (Å²) in [5.74, 6) is -0.0757. The maximum atomic E-state index is 13.1. The third-order valence-electron chi connectivity index (χ3n) is 4.58. The Hall–Kier alpha value is -2.89. The van der Waals surface area contributed by atoms with Crippen molar-refractivity contribution in [1.82, 2.24) is 10.6 Å². The number of carbonyl (C=O) groups is 1. The monoisotopic (exact) mass is 354 g/mol. The van der Waals surface area contributed by atoms with E-state index in [0.717, 1.165) is 19.4 Å². The van der Waals surface area contributed by atoms with Crippen molar-refractivity contribution in [3.8, 4) is 0 Å². The largest absolute Gasteiger partial charge is 0.356 e. The second-order valence-electron chi connectivity index (χ2n) is 6.48. The number of hydrogen-bond acceptors (Lipinski definition) is 2. The molecule has 0 radical (unpaired) electrons. The number of carbonyl (C=O) groups excluding carboxylic acids is 1. The highest BCUT2D eigenvalue weighted by Crippen LogP contribution is 2.47. The van der Waals surface area contributed by atoms with Crippen LogP contribution in [0, 0.1) is 5.82 Å². The van der Waals surface area contributed by atoms with E-state index >= 15 is 0 Å². The first-order valence-electron chi connectivity index (χ1n) is 8.67. The number of halogens is 1. The Kier molecular flexibility index (Phi) is 5.51. The fourth-order valence-electron chi connectivity index (χ4n) is 2.92. The van der Waals surface area contributed by atoms with E-state index in [-0.39, 0.29) is 23.7 Å². The van der Waals surface area contributed by atoms with Crippen molar-refractivity contribution in [1.29, 1.82) is 0 Å². The lowest BCUT2D eigenvalue weighted by molar-refractivity contribution is -0.115. The van der Waals surface area contributed by atoms with Crippen molar-refractivity contribution in [2.45, 2.75) is 18.3 Å². The summed E-state index contributed by atoms with van der Waals surface area (Å²) in [6, 6.07) is 16.2. The van der Waals surface area contributed by atoms with Gasteiger partial charge in [0.2, 0.25) is 5.91 Å². The molecular formula is C20H23FN4O. The van der Waals surface area contributed by atoms with Gasteiger partial charge in [0.1, 0.15) is 5.82 Å². The molecule has 1 aliphatic carbocycles. The topological polar surface area (TPSA) is 65.5 Å². The molecule has 0 spiro atoms. The van der Waals surface area contributed by atoms with Gasteiger partial charge in [0.05, 0.1) is 6.54 Å². The molecule has 0 unspecified atom stereocenters. The smallest absolute Gasteiger partial charge is 0.243 e. The number of benzene rings is 2. The molecule has 1 aliphatic rings. The summed E-state index contributed by atoms with van der Waals surface area (Å²) >= 11 is 0. The van der Waals surface area contributed by atoms with Crippen LogP contribution in [0.15, 0.2) is 59.6 Å². The lowest BCUT2D eigenvalue weighted by Crippen LogP contribution is -2.44. The molecule has 2 aromatic rings. The Morgan fingerprint density at radius 2 is 1.88 bits per heavy atom. The van der Waals surface area contributed by atoms with E-state index in [1.807, 2.05) is 6.07 Å². The molecule has 6 heteroatoms. The number of nitrogens with zero attached hydrogens (tertiary/aromatic N) is 1. The molecule has 2 aromatic carbocycles. The van der Waals surface area contributed by atoms with Crippen LogP contribution >= 0.6 is 0 Å². The fourth-order valence-corrected chi connectivity index (χ4v) is 2.92. The SMILES string of the molecule is CN=C(NCC(=O)Nc1cccc(F)c1)NCC1(c2ccccc2)CC1. The molecule has 5 nitrogen and oxygen atoms in total. The van der Waals surface area contributed by atoms with Gasteiger partial charge in [-0.25, -0.2) is 4.39 Å². The van der Waals surface area contributed by atoms with E-state index < -0.39 is 0 Å². The van der Waals surface area contributed by atoms with Crippen LogP contribution in [0.5, 0.6) is 0 Å². The van der Waals surface area contributed by atoms with Crippen molar-refractivity contribution >= 4 is 17.6 Å².